The Balaban J connectivity index is 1.87. The second kappa shape index (κ2) is 7.19. The standard InChI is InChI=1S/C17H20N2O4S/c1-22-14-7-3-6-12(15(14)23-2)16-18-13(10-24-16)17(21)19-8-4-5-11(20)9-19/h3,6-7,10-11,20H,4-5,8-9H2,1-2H3. The minimum absolute atomic E-state index is 0.141. The van der Waals surface area contributed by atoms with Crippen molar-refractivity contribution in [1.82, 2.24) is 9.88 Å². The molecule has 0 spiro atoms. The topological polar surface area (TPSA) is 71.9 Å². The highest BCUT2D eigenvalue weighted by Crippen LogP contribution is 2.39. The number of para-hydroxylation sites is 1. The van der Waals surface area contributed by atoms with Crippen molar-refractivity contribution in [1.29, 1.82) is 0 Å². The van der Waals surface area contributed by atoms with Crippen LogP contribution in [0.4, 0.5) is 0 Å². The van der Waals surface area contributed by atoms with Crippen LogP contribution in [-0.4, -0.2) is 54.3 Å². The van der Waals surface area contributed by atoms with E-state index in [0.717, 1.165) is 18.4 Å². The van der Waals surface area contributed by atoms with E-state index in [0.29, 0.717) is 35.3 Å². The minimum atomic E-state index is -0.445. The summed E-state index contributed by atoms with van der Waals surface area (Å²) < 4.78 is 10.7. The van der Waals surface area contributed by atoms with Crippen LogP contribution in [-0.2, 0) is 0 Å². The number of likely N-dealkylation sites (tertiary alicyclic amines) is 1. The molecular formula is C17H20N2O4S. The van der Waals surface area contributed by atoms with Crippen LogP contribution in [0.2, 0.25) is 0 Å². The van der Waals surface area contributed by atoms with Gasteiger partial charge in [0.25, 0.3) is 5.91 Å². The third-order valence-corrected chi connectivity index (χ3v) is 4.92. The van der Waals surface area contributed by atoms with Crippen molar-refractivity contribution >= 4 is 17.2 Å². The van der Waals surface area contributed by atoms with E-state index >= 15 is 0 Å². The number of carbonyl (C=O) groups excluding carboxylic acids is 1. The molecule has 0 saturated carbocycles. The molecule has 128 valence electrons. The summed E-state index contributed by atoms with van der Waals surface area (Å²) in [5.41, 5.74) is 1.19. The van der Waals surface area contributed by atoms with Gasteiger partial charge in [-0.3, -0.25) is 4.79 Å². The molecule has 1 unspecified atom stereocenters. The highest BCUT2D eigenvalue weighted by atomic mass is 32.1. The maximum absolute atomic E-state index is 12.6. The Morgan fingerprint density at radius 3 is 2.92 bits per heavy atom. The van der Waals surface area contributed by atoms with Crippen molar-refractivity contribution in [2.75, 3.05) is 27.3 Å². The molecule has 0 aliphatic carbocycles. The van der Waals surface area contributed by atoms with Crippen molar-refractivity contribution < 1.29 is 19.4 Å². The molecule has 1 fully saturated rings. The number of ether oxygens (including phenoxy) is 2. The van der Waals surface area contributed by atoms with E-state index in [2.05, 4.69) is 4.98 Å². The number of benzene rings is 1. The van der Waals surface area contributed by atoms with Crippen LogP contribution in [0.3, 0.4) is 0 Å². The molecule has 1 aliphatic heterocycles. The number of aromatic nitrogens is 1. The Hall–Kier alpha value is -2.12. The van der Waals surface area contributed by atoms with Gasteiger partial charge in [-0.25, -0.2) is 4.98 Å². The van der Waals surface area contributed by atoms with E-state index < -0.39 is 6.10 Å². The first kappa shape index (κ1) is 16.7. The third-order valence-electron chi connectivity index (χ3n) is 4.04. The average molecular weight is 348 g/mol. The molecule has 24 heavy (non-hydrogen) atoms. The molecule has 1 saturated heterocycles. The van der Waals surface area contributed by atoms with E-state index in [4.69, 9.17) is 9.47 Å². The molecule has 2 heterocycles. The SMILES string of the molecule is COc1cccc(-c2nc(C(=O)N3CCCC(O)C3)cs2)c1OC. The Kier molecular flexibility index (Phi) is 5.01. The summed E-state index contributed by atoms with van der Waals surface area (Å²) in [6.07, 6.45) is 1.11. The summed E-state index contributed by atoms with van der Waals surface area (Å²) in [6.45, 7) is 1.03. The van der Waals surface area contributed by atoms with Crippen LogP contribution >= 0.6 is 11.3 Å². The van der Waals surface area contributed by atoms with Gasteiger partial charge in [0.05, 0.1) is 25.9 Å². The quantitative estimate of drug-likeness (QED) is 0.919. The molecule has 6 nitrogen and oxygen atoms in total. The molecule has 1 amide bonds. The molecule has 0 bridgehead atoms. The van der Waals surface area contributed by atoms with E-state index in [1.54, 1.807) is 24.5 Å². The maximum atomic E-state index is 12.6. The molecule has 7 heteroatoms. The smallest absolute Gasteiger partial charge is 0.273 e. The maximum Gasteiger partial charge on any atom is 0.273 e. The molecule has 1 aromatic carbocycles. The summed E-state index contributed by atoms with van der Waals surface area (Å²) in [4.78, 5) is 18.7. The van der Waals surface area contributed by atoms with Gasteiger partial charge in [0.2, 0.25) is 0 Å². The van der Waals surface area contributed by atoms with Crippen LogP contribution in [0.1, 0.15) is 23.3 Å². The normalized spacial score (nSPS) is 17.6. The van der Waals surface area contributed by atoms with E-state index in [9.17, 15) is 9.90 Å². The first-order valence-corrected chi connectivity index (χ1v) is 8.66. The largest absolute Gasteiger partial charge is 0.493 e. The van der Waals surface area contributed by atoms with E-state index in [1.165, 1.54) is 11.3 Å². The van der Waals surface area contributed by atoms with Crippen molar-refractivity contribution in [3.63, 3.8) is 0 Å². The van der Waals surface area contributed by atoms with Crippen molar-refractivity contribution in [2.24, 2.45) is 0 Å². The molecule has 3 rings (SSSR count). The zero-order valence-corrected chi connectivity index (χ0v) is 14.5. The highest BCUT2D eigenvalue weighted by Gasteiger charge is 2.25. The highest BCUT2D eigenvalue weighted by molar-refractivity contribution is 7.13. The number of aliphatic hydroxyl groups excluding tert-OH is 1. The predicted molar refractivity (Wildman–Crippen MR) is 91.8 cm³/mol. The van der Waals surface area contributed by atoms with Crippen LogP contribution < -0.4 is 9.47 Å². The number of aliphatic hydroxyl groups is 1. The molecular weight excluding hydrogens is 328 g/mol. The number of hydrogen-bond donors (Lipinski definition) is 1. The molecule has 1 atom stereocenters. The lowest BCUT2D eigenvalue weighted by Crippen LogP contribution is -2.42. The van der Waals surface area contributed by atoms with Gasteiger partial charge in [-0.05, 0) is 25.0 Å². The number of nitrogens with zero attached hydrogens (tertiary/aromatic N) is 2. The van der Waals surface area contributed by atoms with Gasteiger partial charge < -0.3 is 19.5 Å². The van der Waals surface area contributed by atoms with Crippen LogP contribution in [0, 0.1) is 0 Å². The lowest BCUT2D eigenvalue weighted by molar-refractivity contribution is 0.0469. The summed E-state index contributed by atoms with van der Waals surface area (Å²) in [5, 5.41) is 12.2. The summed E-state index contributed by atoms with van der Waals surface area (Å²) >= 11 is 1.39. The first-order chi connectivity index (χ1) is 11.6. The number of rotatable bonds is 4. The van der Waals surface area contributed by atoms with Gasteiger partial charge in [0.15, 0.2) is 11.5 Å². The zero-order valence-electron chi connectivity index (χ0n) is 13.7. The van der Waals surface area contributed by atoms with E-state index in [-0.39, 0.29) is 5.91 Å². The van der Waals surface area contributed by atoms with Crippen LogP contribution in [0.25, 0.3) is 10.6 Å². The molecule has 1 aromatic heterocycles. The van der Waals surface area contributed by atoms with Gasteiger partial charge in [0.1, 0.15) is 10.7 Å². The van der Waals surface area contributed by atoms with Crippen LogP contribution in [0.5, 0.6) is 11.5 Å². The summed E-state index contributed by atoms with van der Waals surface area (Å²) in [7, 11) is 3.16. The van der Waals surface area contributed by atoms with Gasteiger partial charge in [0, 0.05) is 18.5 Å². The second-order valence-corrected chi connectivity index (χ2v) is 6.48. The first-order valence-electron chi connectivity index (χ1n) is 7.78. The summed E-state index contributed by atoms with van der Waals surface area (Å²) in [5.74, 6) is 1.08. The molecule has 1 aliphatic rings. The molecule has 2 aromatic rings. The number of thiazole rings is 1. The zero-order chi connectivity index (χ0) is 17.1. The third kappa shape index (κ3) is 3.22. The predicted octanol–water partition coefficient (Wildman–Crippen LogP) is 2.42. The van der Waals surface area contributed by atoms with Gasteiger partial charge in [-0.15, -0.1) is 11.3 Å². The minimum Gasteiger partial charge on any atom is -0.493 e. The summed E-state index contributed by atoms with van der Waals surface area (Å²) in [6, 6.07) is 5.57. The molecule has 0 radical (unpaired) electrons. The lowest BCUT2D eigenvalue weighted by Gasteiger charge is -2.29. The Labute approximate surface area is 144 Å². The lowest BCUT2D eigenvalue weighted by atomic mass is 10.1. The Bertz CT molecular complexity index is 731. The Morgan fingerprint density at radius 1 is 1.38 bits per heavy atom. The second-order valence-electron chi connectivity index (χ2n) is 5.63. The fraction of sp³-hybridized carbons (Fsp3) is 0.412. The van der Waals surface area contributed by atoms with Gasteiger partial charge in [-0.2, -0.15) is 0 Å². The van der Waals surface area contributed by atoms with Crippen molar-refractivity contribution in [3.8, 4) is 22.1 Å². The van der Waals surface area contributed by atoms with Gasteiger partial charge >= 0.3 is 0 Å². The van der Waals surface area contributed by atoms with Crippen molar-refractivity contribution in [2.45, 2.75) is 18.9 Å². The number of hydrogen-bond acceptors (Lipinski definition) is 6. The van der Waals surface area contributed by atoms with Crippen LogP contribution in [0.15, 0.2) is 23.6 Å². The number of piperidine rings is 1. The fourth-order valence-electron chi connectivity index (χ4n) is 2.85. The van der Waals surface area contributed by atoms with E-state index in [1.807, 2.05) is 18.2 Å². The number of β-amino-alcohol motifs (C(OH)–C–C–N with tert-alkyl or cyclic N) is 1. The monoisotopic (exact) mass is 348 g/mol. The van der Waals surface area contributed by atoms with Crippen molar-refractivity contribution in [3.05, 3.63) is 29.3 Å². The molecule has 1 N–H and O–H groups in total. The average Bonchev–Trinajstić information content (AvgIpc) is 3.10. The number of carbonyl (C=O) groups is 1. The number of methoxy groups -OCH3 is 2. The van der Waals surface area contributed by atoms with Gasteiger partial charge in [-0.1, -0.05) is 6.07 Å². The Morgan fingerprint density at radius 2 is 2.21 bits per heavy atom. The number of amides is 1. The fourth-order valence-corrected chi connectivity index (χ4v) is 3.67.